The monoisotopic (exact) mass is 352 g/mol. The van der Waals surface area contributed by atoms with Crippen LogP contribution in [0.5, 0.6) is 0 Å². The first kappa shape index (κ1) is 21.6. The highest BCUT2D eigenvalue weighted by Crippen LogP contribution is 2.36. The molecule has 0 saturated heterocycles. The fourth-order valence-electron chi connectivity index (χ4n) is 3.30. The Morgan fingerprint density at radius 1 is 1.04 bits per heavy atom. The summed E-state index contributed by atoms with van der Waals surface area (Å²) in [5.74, 6) is -1.04. The largest absolute Gasteiger partial charge is 0.481 e. The Morgan fingerprint density at radius 3 is 2.48 bits per heavy atom. The number of ketones is 1. The first-order valence-corrected chi connectivity index (χ1v) is 9.39. The molecule has 0 radical (unpaired) electrons. The van der Waals surface area contributed by atoms with Crippen LogP contribution in [0.25, 0.3) is 0 Å². The number of unbranched alkanes of at least 4 members (excludes halogenated alkanes) is 3. The third kappa shape index (κ3) is 8.45. The molecule has 5 heteroatoms. The summed E-state index contributed by atoms with van der Waals surface area (Å²) in [5.41, 5.74) is 0. The van der Waals surface area contributed by atoms with Crippen LogP contribution in [-0.4, -0.2) is 39.3 Å². The van der Waals surface area contributed by atoms with Crippen molar-refractivity contribution < 1.29 is 24.9 Å². The Kier molecular flexibility index (Phi) is 10.3. The second kappa shape index (κ2) is 12.0. The van der Waals surface area contributed by atoms with E-state index in [1.165, 1.54) is 0 Å². The minimum atomic E-state index is -0.795. The van der Waals surface area contributed by atoms with E-state index in [1.807, 2.05) is 12.2 Å². The first-order chi connectivity index (χ1) is 12.0. The summed E-state index contributed by atoms with van der Waals surface area (Å²) in [6.07, 6.45) is 11.9. The van der Waals surface area contributed by atoms with Crippen molar-refractivity contribution in [2.45, 2.75) is 76.9 Å². The number of allylic oxidation sites excluding steroid dienone is 3. The standard InChI is InChI=1S/C20H32O5/c1-2-3-6-9-15(21)12-13-17-16(18(22)14-19(17)23)10-7-4-5-8-11-20(24)25/h4,7,12-13,16-19,22-23H,2-3,5-6,8-11,14H2,1H3,(H,24,25)/b7-4-,13-12-/t16-,17-,18+,19-/m1/s1. The molecule has 5 nitrogen and oxygen atoms in total. The zero-order valence-electron chi connectivity index (χ0n) is 15.1. The molecule has 1 fully saturated rings. The van der Waals surface area contributed by atoms with E-state index in [4.69, 9.17) is 5.11 Å². The minimum absolute atomic E-state index is 0.0741. The number of aliphatic hydroxyl groups is 2. The van der Waals surface area contributed by atoms with Crippen LogP contribution < -0.4 is 0 Å². The van der Waals surface area contributed by atoms with Crippen molar-refractivity contribution in [2.24, 2.45) is 11.8 Å². The average molecular weight is 352 g/mol. The highest BCUT2D eigenvalue weighted by Gasteiger charge is 2.39. The number of carbonyl (C=O) groups excluding carboxylic acids is 1. The smallest absolute Gasteiger partial charge is 0.303 e. The lowest BCUT2D eigenvalue weighted by molar-refractivity contribution is -0.137. The molecular weight excluding hydrogens is 320 g/mol. The van der Waals surface area contributed by atoms with E-state index in [0.717, 1.165) is 19.3 Å². The second-order valence-electron chi connectivity index (χ2n) is 6.89. The highest BCUT2D eigenvalue weighted by atomic mass is 16.4. The average Bonchev–Trinajstić information content (AvgIpc) is 2.82. The van der Waals surface area contributed by atoms with E-state index in [2.05, 4.69) is 6.92 Å². The minimum Gasteiger partial charge on any atom is -0.481 e. The van der Waals surface area contributed by atoms with Gasteiger partial charge in [0, 0.05) is 25.2 Å². The normalized spacial score (nSPS) is 26.7. The fourth-order valence-corrected chi connectivity index (χ4v) is 3.30. The van der Waals surface area contributed by atoms with Gasteiger partial charge in [-0.1, -0.05) is 38.0 Å². The molecule has 3 N–H and O–H groups in total. The summed E-state index contributed by atoms with van der Waals surface area (Å²) in [5, 5.41) is 28.9. The lowest BCUT2D eigenvalue weighted by Gasteiger charge is -2.19. The Morgan fingerprint density at radius 2 is 1.80 bits per heavy atom. The van der Waals surface area contributed by atoms with Crippen LogP contribution >= 0.6 is 0 Å². The van der Waals surface area contributed by atoms with Gasteiger partial charge in [-0.2, -0.15) is 0 Å². The Bertz CT molecular complexity index is 469. The van der Waals surface area contributed by atoms with Crippen molar-refractivity contribution in [2.75, 3.05) is 0 Å². The van der Waals surface area contributed by atoms with Crippen molar-refractivity contribution in [3.63, 3.8) is 0 Å². The quantitative estimate of drug-likeness (QED) is 0.285. The number of carboxylic acids is 1. The zero-order valence-corrected chi connectivity index (χ0v) is 15.1. The topological polar surface area (TPSA) is 94.8 Å². The van der Waals surface area contributed by atoms with Gasteiger partial charge < -0.3 is 15.3 Å². The third-order valence-electron chi connectivity index (χ3n) is 4.78. The molecule has 1 rings (SSSR count). The molecule has 1 saturated carbocycles. The molecule has 0 aromatic carbocycles. The summed E-state index contributed by atoms with van der Waals surface area (Å²) < 4.78 is 0. The van der Waals surface area contributed by atoms with Crippen LogP contribution in [0, 0.1) is 11.8 Å². The van der Waals surface area contributed by atoms with E-state index in [9.17, 15) is 19.8 Å². The van der Waals surface area contributed by atoms with Gasteiger partial charge in [0.25, 0.3) is 0 Å². The molecule has 0 aliphatic heterocycles. The lowest BCUT2D eigenvalue weighted by Crippen LogP contribution is -2.20. The highest BCUT2D eigenvalue weighted by molar-refractivity contribution is 5.89. The molecule has 0 bridgehead atoms. The summed E-state index contributed by atoms with van der Waals surface area (Å²) >= 11 is 0. The summed E-state index contributed by atoms with van der Waals surface area (Å²) in [7, 11) is 0. The van der Waals surface area contributed by atoms with E-state index in [0.29, 0.717) is 32.1 Å². The van der Waals surface area contributed by atoms with Crippen LogP contribution in [0.15, 0.2) is 24.3 Å². The molecule has 142 valence electrons. The van der Waals surface area contributed by atoms with Crippen molar-refractivity contribution in [3.05, 3.63) is 24.3 Å². The fraction of sp³-hybridized carbons (Fsp3) is 0.700. The van der Waals surface area contributed by atoms with Gasteiger partial charge in [-0.05, 0) is 37.7 Å². The molecule has 4 atom stereocenters. The van der Waals surface area contributed by atoms with Gasteiger partial charge in [-0.25, -0.2) is 0 Å². The van der Waals surface area contributed by atoms with Crippen LogP contribution in [-0.2, 0) is 9.59 Å². The van der Waals surface area contributed by atoms with Crippen molar-refractivity contribution in [1.29, 1.82) is 0 Å². The number of aliphatic carboxylic acids is 1. The number of hydrogen-bond donors (Lipinski definition) is 3. The molecule has 0 heterocycles. The number of carbonyl (C=O) groups is 2. The molecule has 0 amide bonds. The molecule has 25 heavy (non-hydrogen) atoms. The summed E-state index contributed by atoms with van der Waals surface area (Å²) in [6.45, 7) is 2.09. The predicted octanol–water partition coefficient (Wildman–Crippen LogP) is 3.25. The zero-order chi connectivity index (χ0) is 18.7. The Balaban J connectivity index is 2.48. The van der Waals surface area contributed by atoms with Gasteiger partial charge in [0.1, 0.15) is 0 Å². The van der Waals surface area contributed by atoms with Crippen molar-refractivity contribution in [1.82, 2.24) is 0 Å². The van der Waals surface area contributed by atoms with Gasteiger partial charge in [0.05, 0.1) is 12.2 Å². The maximum atomic E-state index is 11.9. The SMILES string of the molecule is CCCCCC(=O)/C=C\[C@@H]1[C@@H](C/C=C\CCCC(=O)O)[C@@H](O)C[C@H]1O. The van der Waals surface area contributed by atoms with Gasteiger partial charge in [-0.3, -0.25) is 9.59 Å². The molecular formula is C20H32O5. The number of carboxylic acid groups (broad SMARTS) is 1. The van der Waals surface area contributed by atoms with Crippen molar-refractivity contribution >= 4 is 11.8 Å². The van der Waals surface area contributed by atoms with E-state index in [-0.39, 0.29) is 24.0 Å². The number of aliphatic hydroxyl groups excluding tert-OH is 2. The third-order valence-corrected chi connectivity index (χ3v) is 4.78. The van der Waals surface area contributed by atoms with Crippen LogP contribution in [0.2, 0.25) is 0 Å². The number of hydrogen-bond acceptors (Lipinski definition) is 4. The summed E-state index contributed by atoms with van der Waals surface area (Å²) in [4.78, 5) is 22.3. The van der Waals surface area contributed by atoms with Crippen LogP contribution in [0.1, 0.15) is 64.7 Å². The van der Waals surface area contributed by atoms with Gasteiger partial charge in [0.15, 0.2) is 5.78 Å². The molecule has 0 aromatic rings. The first-order valence-electron chi connectivity index (χ1n) is 9.39. The molecule has 0 aromatic heterocycles. The molecule has 0 unspecified atom stereocenters. The molecule has 1 aliphatic carbocycles. The van der Waals surface area contributed by atoms with Crippen LogP contribution in [0.4, 0.5) is 0 Å². The molecule has 1 aliphatic rings. The Labute approximate surface area is 150 Å². The van der Waals surface area contributed by atoms with E-state index in [1.54, 1.807) is 12.2 Å². The van der Waals surface area contributed by atoms with Gasteiger partial charge >= 0.3 is 5.97 Å². The van der Waals surface area contributed by atoms with E-state index < -0.39 is 18.2 Å². The Hall–Kier alpha value is -1.46. The second-order valence-corrected chi connectivity index (χ2v) is 6.89. The lowest BCUT2D eigenvalue weighted by atomic mass is 9.89. The van der Waals surface area contributed by atoms with Gasteiger partial charge in [0.2, 0.25) is 0 Å². The summed E-state index contributed by atoms with van der Waals surface area (Å²) in [6, 6.07) is 0. The van der Waals surface area contributed by atoms with Crippen molar-refractivity contribution in [3.8, 4) is 0 Å². The maximum Gasteiger partial charge on any atom is 0.303 e. The van der Waals surface area contributed by atoms with Crippen LogP contribution in [0.3, 0.4) is 0 Å². The number of rotatable bonds is 12. The maximum absolute atomic E-state index is 11.9. The molecule has 0 spiro atoms. The predicted molar refractivity (Wildman–Crippen MR) is 97.1 cm³/mol. The van der Waals surface area contributed by atoms with E-state index >= 15 is 0 Å². The van der Waals surface area contributed by atoms with Gasteiger partial charge in [-0.15, -0.1) is 0 Å².